The van der Waals surface area contributed by atoms with Crippen LogP contribution in [0.3, 0.4) is 0 Å². The van der Waals surface area contributed by atoms with Crippen LogP contribution in [0.4, 0.5) is 0 Å². The summed E-state index contributed by atoms with van der Waals surface area (Å²) in [5.74, 6) is 0.195. The normalized spacial score (nSPS) is 24.2. The summed E-state index contributed by atoms with van der Waals surface area (Å²) in [5.41, 5.74) is 0.518. The highest BCUT2D eigenvalue weighted by molar-refractivity contribution is 5.97. The first-order chi connectivity index (χ1) is 13.6. The Hall–Kier alpha value is -2.08. The molecule has 1 amide bonds. The number of nitrogens with one attached hydrogen (secondary N) is 1. The molecule has 154 valence electrons. The van der Waals surface area contributed by atoms with Crippen molar-refractivity contribution < 1.29 is 19.1 Å². The van der Waals surface area contributed by atoms with Crippen molar-refractivity contribution in [1.29, 1.82) is 0 Å². The zero-order chi connectivity index (χ0) is 19.9. The molecule has 0 aromatic heterocycles. The molecule has 2 fully saturated rings. The van der Waals surface area contributed by atoms with Gasteiger partial charge in [0.25, 0.3) is 5.91 Å². The van der Waals surface area contributed by atoms with Crippen LogP contribution in [0.2, 0.25) is 0 Å². The first-order valence-corrected chi connectivity index (χ1v) is 10.4. The van der Waals surface area contributed by atoms with Crippen molar-refractivity contribution in [3.8, 4) is 5.75 Å². The van der Waals surface area contributed by atoms with Gasteiger partial charge in [0.1, 0.15) is 11.8 Å². The highest BCUT2D eigenvalue weighted by Gasteiger charge is 2.41. The van der Waals surface area contributed by atoms with Gasteiger partial charge in [-0.3, -0.25) is 14.5 Å². The lowest BCUT2D eigenvalue weighted by Crippen LogP contribution is -2.44. The number of likely N-dealkylation sites (tertiary alicyclic amines) is 1. The summed E-state index contributed by atoms with van der Waals surface area (Å²) in [7, 11) is 3.00. The number of hydrogen-bond acceptors (Lipinski definition) is 5. The number of para-hydroxylation sites is 1. The van der Waals surface area contributed by atoms with Crippen molar-refractivity contribution in [3.05, 3.63) is 29.8 Å². The predicted molar refractivity (Wildman–Crippen MR) is 107 cm³/mol. The van der Waals surface area contributed by atoms with Gasteiger partial charge in [0, 0.05) is 18.6 Å². The molecule has 6 heteroatoms. The molecule has 6 nitrogen and oxygen atoms in total. The smallest absolute Gasteiger partial charge is 0.323 e. The van der Waals surface area contributed by atoms with E-state index in [0.717, 1.165) is 12.8 Å². The van der Waals surface area contributed by atoms with Gasteiger partial charge in [-0.05, 0) is 31.4 Å². The van der Waals surface area contributed by atoms with E-state index < -0.39 is 0 Å². The fourth-order valence-corrected chi connectivity index (χ4v) is 4.60. The van der Waals surface area contributed by atoms with Crippen LogP contribution in [0.5, 0.6) is 5.75 Å². The molecule has 1 N–H and O–H groups in total. The molecular weight excluding hydrogens is 356 g/mol. The summed E-state index contributed by atoms with van der Waals surface area (Å²) in [6, 6.07) is 7.23. The average molecular weight is 389 g/mol. The van der Waals surface area contributed by atoms with Gasteiger partial charge in [-0.1, -0.05) is 44.2 Å². The molecule has 28 heavy (non-hydrogen) atoms. The fourth-order valence-electron chi connectivity index (χ4n) is 4.60. The van der Waals surface area contributed by atoms with Crippen LogP contribution in [-0.4, -0.2) is 55.7 Å². The summed E-state index contributed by atoms with van der Waals surface area (Å²) in [4.78, 5) is 27.5. The van der Waals surface area contributed by atoms with E-state index in [0.29, 0.717) is 30.3 Å². The van der Waals surface area contributed by atoms with Gasteiger partial charge >= 0.3 is 5.97 Å². The molecule has 3 rings (SSSR count). The van der Waals surface area contributed by atoms with Crippen molar-refractivity contribution in [3.63, 3.8) is 0 Å². The third-order valence-corrected chi connectivity index (χ3v) is 6.04. The number of amides is 1. The lowest BCUT2D eigenvalue weighted by Gasteiger charge is -2.33. The third kappa shape index (κ3) is 4.85. The first kappa shape index (κ1) is 20.6. The van der Waals surface area contributed by atoms with Crippen molar-refractivity contribution >= 4 is 11.9 Å². The van der Waals surface area contributed by atoms with Crippen LogP contribution in [-0.2, 0) is 9.53 Å². The quantitative estimate of drug-likeness (QED) is 0.785. The fraction of sp³-hybridized carbons (Fsp3) is 0.636. The van der Waals surface area contributed by atoms with E-state index in [1.54, 1.807) is 19.2 Å². The Bertz CT molecular complexity index is 670. The molecule has 1 aliphatic heterocycles. The molecule has 2 aliphatic rings. The molecule has 1 heterocycles. The first-order valence-electron chi connectivity index (χ1n) is 10.4. The topological polar surface area (TPSA) is 67.9 Å². The molecular formula is C22H32N2O4. The second kappa shape index (κ2) is 9.92. The predicted octanol–water partition coefficient (Wildman–Crippen LogP) is 3.15. The number of ether oxygens (including phenoxy) is 2. The van der Waals surface area contributed by atoms with Gasteiger partial charge < -0.3 is 14.8 Å². The van der Waals surface area contributed by atoms with E-state index >= 15 is 0 Å². The maximum atomic E-state index is 12.8. The van der Waals surface area contributed by atoms with Crippen LogP contribution in [0.15, 0.2) is 24.3 Å². The molecule has 0 unspecified atom stereocenters. The summed E-state index contributed by atoms with van der Waals surface area (Å²) < 4.78 is 10.4. The largest absolute Gasteiger partial charge is 0.496 e. The zero-order valence-corrected chi connectivity index (χ0v) is 17.0. The van der Waals surface area contributed by atoms with Crippen molar-refractivity contribution in [2.45, 2.75) is 69.5 Å². The number of carbonyl (C=O) groups is 2. The van der Waals surface area contributed by atoms with Gasteiger partial charge in [0.15, 0.2) is 0 Å². The number of methoxy groups -OCH3 is 2. The van der Waals surface area contributed by atoms with Crippen LogP contribution in [0, 0.1) is 0 Å². The van der Waals surface area contributed by atoms with E-state index in [9.17, 15) is 9.59 Å². The Labute approximate surface area is 167 Å². The Kier molecular flexibility index (Phi) is 7.31. The molecule has 2 atom stereocenters. The van der Waals surface area contributed by atoms with Crippen LogP contribution in [0.1, 0.15) is 61.7 Å². The summed E-state index contributed by atoms with van der Waals surface area (Å²) >= 11 is 0. The van der Waals surface area contributed by atoms with E-state index in [1.807, 2.05) is 12.1 Å². The van der Waals surface area contributed by atoms with Gasteiger partial charge in [0.05, 0.1) is 19.8 Å². The Morgan fingerprint density at radius 3 is 2.39 bits per heavy atom. The standard InChI is InChI=1S/C22H32N2O4/c1-27-20-13-9-8-12-18(20)21(25)23-16-14-19(22(26)28-2)24(15-16)17-10-6-4-3-5-7-11-17/h8-9,12-13,16-17,19H,3-7,10-11,14-15H2,1-2H3,(H,23,25)/t16-,19-/m0/s1. The number of hydrogen-bond donors (Lipinski definition) is 1. The monoisotopic (exact) mass is 388 g/mol. The number of benzene rings is 1. The van der Waals surface area contributed by atoms with Gasteiger partial charge in [-0.15, -0.1) is 0 Å². The number of carbonyl (C=O) groups excluding carboxylic acids is 2. The molecule has 1 saturated carbocycles. The van der Waals surface area contributed by atoms with E-state index in [4.69, 9.17) is 9.47 Å². The SMILES string of the molecule is COC(=O)[C@@H]1C[C@H](NC(=O)c2ccccc2OC)CN1C1CCCCCCC1. The number of rotatable bonds is 5. The van der Waals surface area contributed by atoms with Crippen LogP contribution < -0.4 is 10.1 Å². The summed E-state index contributed by atoms with van der Waals surface area (Å²) in [6.45, 7) is 0.686. The molecule has 1 aromatic rings. The minimum atomic E-state index is -0.280. The van der Waals surface area contributed by atoms with Gasteiger partial charge in [-0.2, -0.15) is 0 Å². The molecule has 0 spiro atoms. The molecule has 0 bridgehead atoms. The second-order valence-electron chi connectivity index (χ2n) is 7.84. The Morgan fingerprint density at radius 1 is 1.04 bits per heavy atom. The van der Waals surface area contributed by atoms with Gasteiger partial charge in [-0.25, -0.2) is 0 Å². The second-order valence-corrected chi connectivity index (χ2v) is 7.84. The third-order valence-electron chi connectivity index (χ3n) is 6.04. The van der Waals surface area contributed by atoms with Crippen molar-refractivity contribution in [1.82, 2.24) is 10.2 Å². The number of nitrogens with zero attached hydrogens (tertiary/aromatic N) is 1. The summed E-state index contributed by atoms with van der Waals surface area (Å²) in [6.07, 6.45) is 9.05. The highest BCUT2D eigenvalue weighted by Crippen LogP contribution is 2.29. The lowest BCUT2D eigenvalue weighted by atomic mass is 9.95. The maximum absolute atomic E-state index is 12.8. The molecule has 0 radical (unpaired) electrons. The highest BCUT2D eigenvalue weighted by atomic mass is 16.5. The Morgan fingerprint density at radius 2 is 1.71 bits per heavy atom. The molecule has 1 aromatic carbocycles. The maximum Gasteiger partial charge on any atom is 0.323 e. The average Bonchev–Trinajstić information content (AvgIpc) is 3.10. The number of esters is 1. The molecule has 1 aliphatic carbocycles. The van der Waals surface area contributed by atoms with Crippen molar-refractivity contribution in [2.75, 3.05) is 20.8 Å². The Balaban J connectivity index is 1.70. The summed E-state index contributed by atoms with van der Waals surface area (Å²) in [5, 5.41) is 3.11. The van der Waals surface area contributed by atoms with E-state index in [1.165, 1.54) is 39.2 Å². The van der Waals surface area contributed by atoms with E-state index in [2.05, 4.69) is 10.2 Å². The lowest BCUT2D eigenvalue weighted by molar-refractivity contribution is -0.146. The molecule has 1 saturated heterocycles. The van der Waals surface area contributed by atoms with Crippen LogP contribution >= 0.6 is 0 Å². The van der Waals surface area contributed by atoms with Crippen LogP contribution in [0.25, 0.3) is 0 Å². The van der Waals surface area contributed by atoms with Crippen molar-refractivity contribution in [2.24, 2.45) is 0 Å². The van der Waals surface area contributed by atoms with E-state index in [-0.39, 0.29) is 24.0 Å². The zero-order valence-electron chi connectivity index (χ0n) is 17.0. The minimum absolute atomic E-state index is 0.0769. The minimum Gasteiger partial charge on any atom is -0.496 e. The van der Waals surface area contributed by atoms with Gasteiger partial charge in [0.2, 0.25) is 0 Å².